The van der Waals surface area contributed by atoms with E-state index in [-0.39, 0.29) is 12.2 Å². The molecule has 2 heteroatoms. The van der Waals surface area contributed by atoms with Crippen molar-refractivity contribution in [2.45, 2.75) is 13.3 Å². The summed E-state index contributed by atoms with van der Waals surface area (Å²) in [5.41, 5.74) is 2.81. The molecule has 0 spiro atoms. The standard InChI is InChI=1S/C19H17NO/c1-15-7-11-18(12-8-15)19(21)13-17(14-20)10-9-16-5-3-2-4-6-16/h2-12,17H,13H2,1H3/b10-9+. The molecule has 1 atom stereocenters. The Bertz CT molecular complexity index is 663. The molecule has 0 saturated carbocycles. The van der Waals surface area contributed by atoms with Gasteiger partial charge in [0.1, 0.15) is 0 Å². The minimum absolute atomic E-state index is 0.000684. The number of aryl methyl sites for hydroxylation is 1. The molecular weight excluding hydrogens is 258 g/mol. The van der Waals surface area contributed by atoms with Crippen LogP contribution < -0.4 is 0 Å². The second-order valence-electron chi connectivity index (χ2n) is 5.00. The van der Waals surface area contributed by atoms with Crippen LogP contribution in [0, 0.1) is 24.2 Å². The number of benzene rings is 2. The molecule has 0 N–H and O–H groups in total. The highest BCUT2D eigenvalue weighted by Crippen LogP contribution is 2.13. The van der Waals surface area contributed by atoms with Gasteiger partial charge in [0.25, 0.3) is 0 Å². The summed E-state index contributed by atoms with van der Waals surface area (Å²) in [6, 6.07) is 19.4. The summed E-state index contributed by atoms with van der Waals surface area (Å²) in [5, 5.41) is 9.19. The van der Waals surface area contributed by atoms with Crippen LogP contribution in [0.5, 0.6) is 0 Å². The third-order valence-corrected chi connectivity index (χ3v) is 3.27. The van der Waals surface area contributed by atoms with E-state index in [0.717, 1.165) is 11.1 Å². The fourth-order valence-electron chi connectivity index (χ4n) is 2.01. The lowest BCUT2D eigenvalue weighted by molar-refractivity contribution is 0.0976. The van der Waals surface area contributed by atoms with Crippen LogP contribution in [-0.2, 0) is 0 Å². The minimum atomic E-state index is -0.404. The van der Waals surface area contributed by atoms with E-state index in [4.69, 9.17) is 0 Å². The first-order chi connectivity index (χ1) is 10.2. The van der Waals surface area contributed by atoms with Crippen LogP contribution in [0.1, 0.15) is 27.9 Å². The van der Waals surface area contributed by atoms with Crippen molar-refractivity contribution in [2.75, 3.05) is 0 Å². The first-order valence-electron chi connectivity index (χ1n) is 6.92. The molecule has 2 aromatic carbocycles. The predicted molar refractivity (Wildman–Crippen MR) is 84.7 cm³/mol. The summed E-state index contributed by atoms with van der Waals surface area (Å²) >= 11 is 0. The maximum atomic E-state index is 12.2. The van der Waals surface area contributed by atoms with Crippen LogP contribution in [0.4, 0.5) is 0 Å². The molecule has 1 unspecified atom stereocenters. The number of carbonyl (C=O) groups excluding carboxylic acids is 1. The number of hydrogen-bond donors (Lipinski definition) is 0. The predicted octanol–water partition coefficient (Wildman–Crippen LogP) is 4.42. The van der Waals surface area contributed by atoms with Gasteiger partial charge in [-0.05, 0) is 12.5 Å². The van der Waals surface area contributed by atoms with Crippen LogP contribution in [0.15, 0.2) is 60.7 Å². The van der Waals surface area contributed by atoms with Crippen LogP contribution in [0.3, 0.4) is 0 Å². The smallest absolute Gasteiger partial charge is 0.164 e. The molecule has 0 bridgehead atoms. The van der Waals surface area contributed by atoms with Gasteiger partial charge in [0, 0.05) is 12.0 Å². The molecule has 0 heterocycles. The Morgan fingerprint density at radius 2 is 1.81 bits per heavy atom. The lowest BCUT2D eigenvalue weighted by Gasteiger charge is -2.04. The van der Waals surface area contributed by atoms with Gasteiger partial charge in [-0.1, -0.05) is 72.3 Å². The molecule has 0 fully saturated rings. The lowest BCUT2D eigenvalue weighted by Crippen LogP contribution is -2.05. The molecule has 0 amide bonds. The third-order valence-electron chi connectivity index (χ3n) is 3.27. The van der Waals surface area contributed by atoms with Crippen molar-refractivity contribution in [1.29, 1.82) is 5.26 Å². The van der Waals surface area contributed by atoms with E-state index in [1.807, 2.05) is 67.6 Å². The average Bonchev–Trinajstić information content (AvgIpc) is 2.53. The molecule has 0 saturated heterocycles. The zero-order valence-corrected chi connectivity index (χ0v) is 12.0. The van der Waals surface area contributed by atoms with E-state index in [1.165, 1.54) is 0 Å². The fourth-order valence-corrected chi connectivity index (χ4v) is 2.01. The molecule has 2 nitrogen and oxygen atoms in total. The highest BCUT2D eigenvalue weighted by molar-refractivity contribution is 5.96. The van der Waals surface area contributed by atoms with Crippen molar-refractivity contribution in [3.05, 3.63) is 77.4 Å². The quantitative estimate of drug-likeness (QED) is 0.758. The van der Waals surface area contributed by atoms with Crippen LogP contribution in [0.25, 0.3) is 6.08 Å². The minimum Gasteiger partial charge on any atom is -0.294 e. The lowest BCUT2D eigenvalue weighted by atomic mass is 9.97. The van der Waals surface area contributed by atoms with E-state index in [1.54, 1.807) is 6.08 Å². The van der Waals surface area contributed by atoms with Crippen molar-refractivity contribution >= 4 is 11.9 Å². The Morgan fingerprint density at radius 1 is 1.14 bits per heavy atom. The molecule has 2 aromatic rings. The van der Waals surface area contributed by atoms with Crippen LogP contribution in [0.2, 0.25) is 0 Å². The Hall–Kier alpha value is -2.66. The molecule has 0 aliphatic heterocycles. The average molecular weight is 275 g/mol. The fraction of sp³-hybridized carbons (Fsp3) is 0.158. The van der Waals surface area contributed by atoms with Crippen molar-refractivity contribution in [3.63, 3.8) is 0 Å². The largest absolute Gasteiger partial charge is 0.294 e. The van der Waals surface area contributed by atoms with Gasteiger partial charge in [0.2, 0.25) is 0 Å². The number of Topliss-reactive ketones (excluding diaryl/α,β-unsaturated/α-hetero) is 1. The summed E-state index contributed by atoms with van der Waals surface area (Å²) in [7, 11) is 0. The van der Waals surface area contributed by atoms with Gasteiger partial charge in [-0.3, -0.25) is 4.79 Å². The number of ketones is 1. The molecular formula is C19H17NO. The number of hydrogen-bond acceptors (Lipinski definition) is 2. The summed E-state index contributed by atoms with van der Waals surface area (Å²) < 4.78 is 0. The first kappa shape index (κ1) is 14.7. The van der Waals surface area contributed by atoms with E-state index in [2.05, 4.69) is 6.07 Å². The van der Waals surface area contributed by atoms with Crippen molar-refractivity contribution in [2.24, 2.45) is 5.92 Å². The summed E-state index contributed by atoms with van der Waals surface area (Å²) in [6.45, 7) is 1.98. The Morgan fingerprint density at radius 3 is 2.43 bits per heavy atom. The zero-order valence-electron chi connectivity index (χ0n) is 12.0. The van der Waals surface area contributed by atoms with Gasteiger partial charge in [0.05, 0.1) is 12.0 Å². The Labute approximate surface area is 125 Å². The Balaban J connectivity index is 2.02. The van der Waals surface area contributed by atoms with Gasteiger partial charge < -0.3 is 0 Å². The number of rotatable bonds is 5. The third kappa shape index (κ3) is 4.43. The van der Waals surface area contributed by atoms with E-state index in [9.17, 15) is 10.1 Å². The SMILES string of the molecule is Cc1ccc(C(=O)CC(C#N)/C=C/c2ccccc2)cc1. The summed E-state index contributed by atoms with van der Waals surface area (Å²) in [5.74, 6) is -0.404. The normalized spacial score (nSPS) is 12.0. The van der Waals surface area contributed by atoms with Gasteiger partial charge >= 0.3 is 0 Å². The summed E-state index contributed by atoms with van der Waals surface area (Å²) in [4.78, 5) is 12.2. The van der Waals surface area contributed by atoms with Crippen LogP contribution in [-0.4, -0.2) is 5.78 Å². The number of nitriles is 1. The van der Waals surface area contributed by atoms with E-state index >= 15 is 0 Å². The molecule has 0 aromatic heterocycles. The van der Waals surface area contributed by atoms with Gasteiger partial charge in [-0.25, -0.2) is 0 Å². The van der Waals surface area contributed by atoms with Gasteiger partial charge in [0.15, 0.2) is 5.78 Å². The second kappa shape index (κ2) is 7.21. The number of nitrogens with zero attached hydrogens (tertiary/aromatic N) is 1. The molecule has 21 heavy (non-hydrogen) atoms. The van der Waals surface area contributed by atoms with Gasteiger partial charge in [-0.2, -0.15) is 5.26 Å². The number of carbonyl (C=O) groups is 1. The highest BCUT2D eigenvalue weighted by Gasteiger charge is 2.12. The van der Waals surface area contributed by atoms with Gasteiger partial charge in [-0.15, -0.1) is 0 Å². The van der Waals surface area contributed by atoms with Crippen molar-refractivity contribution in [1.82, 2.24) is 0 Å². The summed E-state index contributed by atoms with van der Waals surface area (Å²) in [6.07, 6.45) is 3.89. The molecule has 0 radical (unpaired) electrons. The first-order valence-corrected chi connectivity index (χ1v) is 6.92. The van der Waals surface area contributed by atoms with Crippen molar-refractivity contribution in [3.8, 4) is 6.07 Å². The number of allylic oxidation sites excluding steroid dienone is 1. The topological polar surface area (TPSA) is 40.9 Å². The Kier molecular flexibility index (Phi) is 5.06. The maximum Gasteiger partial charge on any atom is 0.164 e. The highest BCUT2D eigenvalue weighted by atomic mass is 16.1. The molecule has 0 aliphatic carbocycles. The zero-order chi connectivity index (χ0) is 15.1. The molecule has 2 rings (SSSR count). The van der Waals surface area contributed by atoms with Crippen molar-refractivity contribution < 1.29 is 4.79 Å². The maximum absolute atomic E-state index is 12.2. The molecule has 0 aliphatic rings. The monoisotopic (exact) mass is 275 g/mol. The van der Waals surface area contributed by atoms with E-state index < -0.39 is 5.92 Å². The van der Waals surface area contributed by atoms with E-state index in [0.29, 0.717) is 5.56 Å². The second-order valence-corrected chi connectivity index (χ2v) is 5.00. The van der Waals surface area contributed by atoms with Crippen LogP contribution >= 0.6 is 0 Å². The molecule has 104 valence electrons.